The van der Waals surface area contributed by atoms with Crippen LogP contribution in [0.1, 0.15) is 37.4 Å². The largest absolute Gasteiger partial charge is 0.329 e. The lowest BCUT2D eigenvalue weighted by molar-refractivity contribution is 0.180. The molecule has 1 heterocycles. The summed E-state index contributed by atoms with van der Waals surface area (Å²) >= 11 is 0. The van der Waals surface area contributed by atoms with Gasteiger partial charge in [-0.3, -0.25) is 4.90 Å². The van der Waals surface area contributed by atoms with E-state index in [4.69, 9.17) is 5.73 Å². The Hall–Kier alpha value is -0.860. The average Bonchev–Trinajstić information content (AvgIpc) is 2.35. The molecule has 1 aliphatic heterocycles. The van der Waals surface area contributed by atoms with Crippen LogP contribution >= 0.6 is 0 Å². The quantitative estimate of drug-likeness (QED) is 0.864. The van der Waals surface area contributed by atoms with Gasteiger partial charge in [0.2, 0.25) is 0 Å². The highest BCUT2D eigenvalue weighted by atomic mass is 15.2. The fourth-order valence-corrected chi connectivity index (χ4v) is 2.67. The summed E-state index contributed by atoms with van der Waals surface area (Å²) in [5, 5.41) is 0. The Kier molecular flexibility index (Phi) is 4.19. The van der Waals surface area contributed by atoms with Crippen molar-refractivity contribution < 1.29 is 0 Å². The molecule has 2 heteroatoms. The number of nitrogens with two attached hydrogens (primary N) is 1. The van der Waals surface area contributed by atoms with Gasteiger partial charge >= 0.3 is 0 Å². The van der Waals surface area contributed by atoms with E-state index >= 15 is 0 Å². The van der Waals surface area contributed by atoms with Crippen LogP contribution in [0.15, 0.2) is 24.3 Å². The second-order valence-electron chi connectivity index (χ2n) is 5.42. The summed E-state index contributed by atoms with van der Waals surface area (Å²) in [4.78, 5) is 2.56. The van der Waals surface area contributed by atoms with E-state index < -0.39 is 0 Å². The van der Waals surface area contributed by atoms with E-state index in [1.54, 1.807) is 0 Å². The van der Waals surface area contributed by atoms with Crippen LogP contribution in [0.5, 0.6) is 0 Å². The lowest BCUT2D eigenvalue weighted by Gasteiger charge is -2.37. The van der Waals surface area contributed by atoms with Gasteiger partial charge in [0, 0.05) is 19.1 Å². The van der Waals surface area contributed by atoms with Gasteiger partial charge in [0.05, 0.1) is 0 Å². The van der Waals surface area contributed by atoms with Crippen molar-refractivity contribution in [1.29, 1.82) is 0 Å². The molecule has 0 spiro atoms. The summed E-state index contributed by atoms with van der Waals surface area (Å²) < 4.78 is 0. The van der Waals surface area contributed by atoms with Gasteiger partial charge in [-0.2, -0.15) is 0 Å². The first-order valence-electron chi connectivity index (χ1n) is 6.74. The van der Waals surface area contributed by atoms with Crippen molar-refractivity contribution in [2.24, 2.45) is 11.7 Å². The maximum Gasteiger partial charge on any atom is 0.0473 e. The van der Waals surface area contributed by atoms with Crippen molar-refractivity contribution in [2.45, 2.75) is 32.7 Å². The average molecular weight is 232 g/mol. The van der Waals surface area contributed by atoms with Crippen LogP contribution in [0.25, 0.3) is 0 Å². The maximum atomic E-state index is 5.97. The van der Waals surface area contributed by atoms with E-state index in [1.165, 1.54) is 30.5 Å². The third kappa shape index (κ3) is 2.88. The number of fused-ring (bicyclic) bond motifs is 1. The van der Waals surface area contributed by atoms with Gasteiger partial charge in [-0.1, -0.05) is 38.1 Å². The number of nitrogens with zero attached hydrogens (tertiary/aromatic N) is 1. The molecular weight excluding hydrogens is 208 g/mol. The highest BCUT2D eigenvalue weighted by molar-refractivity contribution is 5.32. The fourth-order valence-electron chi connectivity index (χ4n) is 2.67. The minimum Gasteiger partial charge on any atom is -0.329 e. The highest BCUT2D eigenvalue weighted by Gasteiger charge is 2.25. The lowest BCUT2D eigenvalue weighted by atomic mass is 9.92. The third-order valence-electron chi connectivity index (χ3n) is 3.74. The molecule has 94 valence electrons. The highest BCUT2D eigenvalue weighted by Crippen LogP contribution is 2.29. The second-order valence-corrected chi connectivity index (χ2v) is 5.42. The lowest BCUT2D eigenvalue weighted by Crippen LogP contribution is -2.40. The van der Waals surface area contributed by atoms with Crippen LogP contribution in [0, 0.1) is 5.92 Å². The Morgan fingerprint density at radius 3 is 2.82 bits per heavy atom. The topological polar surface area (TPSA) is 29.3 Å². The summed E-state index contributed by atoms with van der Waals surface area (Å²) in [7, 11) is 0. The van der Waals surface area contributed by atoms with E-state index in [0.29, 0.717) is 6.04 Å². The van der Waals surface area contributed by atoms with Crippen molar-refractivity contribution in [2.75, 3.05) is 19.6 Å². The molecular formula is C15H24N2. The molecule has 0 aromatic heterocycles. The van der Waals surface area contributed by atoms with Gasteiger partial charge in [-0.05, 0) is 36.4 Å². The zero-order chi connectivity index (χ0) is 12.3. The minimum absolute atomic E-state index is 0.429. The van der Waals surface area contributed by atoms with E-state index in [9.17, 15) is 0 Å². The Morgan fingerprint density at radius 1 is 1.35 bits per heavy atom. The van der Waals surface area contributed by atoms with Crippen molar-refractivity contribution >= 4 is 0 Å². The third-order valence-corrected chi connectivity index (χ3v) is 3.74. The Morgan fingerprint density at radius 2 is 2.12 bits per heavy atom. The van der Waals surface area contributed by atoms with Crippen LogP contribution < -0.4 is 5.73 Å². The first-order valence-corrected chi connectivity index (χ1v) is 6.74. The number of hydrogen-bond donors (Lipinski definition) is 1. The number of benzene rings is 1. The molecule has 1 aromatic carbocycles. The summed E-state index contributed by atoms with van der Waals surface area (Å²) in [5.41, 5.74) is 8.91. The van der Waals surface area contributed by atoms with Crippen LogP contribution in [0.3, 0.4) is 0 Å². The molecule has 2 rings (SSSR count). The predicted octanol–water partition coefficient (Wildman–Crippen LogP) is 2.59. The summed E-state index contributed by atoms with van der Waals surface area (Å²) in [6.07, 6.45) is 2.43. The SMILES string of the molecule is CC(C)CCN1CCc2ccccc2C1CN. The Bertz CT molecular complexity index is 360. The van der Waals surface area contributed by atoms with Crippen molar-refractivity contribution in [3.05, 3.63) is 35.4 Å². The van der Waals surface area contributed by atoms with Gasteiger partial charge in [0.25, 0.3) is 0 Å². The zero-order valence-electron chi connectivity index (χ0n) is 11.0. The first-order chi connectivity index (χ1) is 8.22. The maximum absolute atomic E-state index is 5.97. The molecule has 1 aliphatic rings. The van der Waals surface area contributed by atoms with Gasteiger partial charge in [0.15, 0.2) is 0 Å². The Balaban J connectivity index is 2.12. The molecule has 0 fully saturated rings. The molecule has 2 nitrogen and oxygen atoms in total. The molecule has 0 saturated carbocycles. The molecule has 0 amide bonds. The molecule has 1 aromatic rings. The van der Waals surface area contributed by atoms with Crippen molar-refractivity contribution in [3.8, 4) is 0 Å². The second kappa shape index (κ2) is 5.65. The van der Waals surface area contributed by atoms with E-state index in [-0.39, 0.29) is 0 Å². The van der Waals surface area contributed by atoms with E-state index in [1.807, 2.05) is 0 Å². The number of hydrogen-bond acceptors (Lipinski definition) is 2. The molecule has 1 unspecified atom stereocenters. The molecule has 0 saturated heterocycles. The summed E-state index contributed by atoms with van der Waals surface area (Å²) in [5.74, 6) is 0.769. The summed E-state index contributed by atoms with van der Waals surface area (Å²) in [6.45, 7) is 7.64. The smallest absolute Gasteiger partial charge is 0.0473 e. The number of rotatable bonds is 4. The van der Waals surface area contributed by atoms with Crippen LogP contribution in [0.2, 0.25) is 0 Å². The molecule has 17 heavy (non-hydrogen) atoms. The van der Waals surface area contributed by atoms with Crippen LogP contribution in [-0.4, -0.2) is 24.5 Å². The monoisotopic (exact) mass is 232 g/mol. The molecule has 0 radical (unpaired) electrons. The summed E-state index contributed by atoms with van der Waals surface area (Å²) in [6, 6.07) is 9.19. The first kappa shape index (κ1) is 12.6. The van der Waals surface area contributed by atoms with E-state index in [2.05, 4.69) is 43.0 Å². The molecule has 2 N–H and O–H groups in total. The van der Waals surface area contributed by atoms with Gasteiger partial charge in [0.1, 0.15) is 0 Å². The molecule has 0 aliphatic carbocycles. The molecule has 1 atom stereocenters. The van der Waals surface area contributed by atoms with Gasteiger partial charge in [-0.15, -0.1) is 0 Å². The van der Waals surface area contributed by atoms with Gasteiger partial charge in [-0.25, -0.2) is 0 Å². The zero-order valence-corrected chi connectivity index (χ0v) is 11.0. The van der Waals surface area contributed by atoms with Crippen molar-refractivity contribution in [1.82, 2.24) is 4.90 Å². The van der Waals surface area contributed by atoms with Gasteiger partial charge < -0.3 is 5.73 Å². The standard InChI is InChI=1S/C15H24N2/c1-12(2)7-9-17-10-8-13-5-3-4-6-14(13)15(17)11-16/h3-6,12,15H,7-11,16H2,1-2H3. The normalized spacial score (nSPS) is 20.6. The van der Waals surface area contributed by atoms with Crippen LogP contribution in [0.4, 0.5) is 0 Å². The minimum atomic E-state index is 0.429. The Labute approximate surface area is 105 Å². The van der Waals surface area contributed by atoms with E-state index in [0.717, 1.165) is 19.0 Å². The molecule has 0 bridgehead atoms. The fraction of sp³-hybridized carbons (Fsp3) is 0.600. The predicted molar refractivity (Wildman–Crippen MR) is 73.0 cm³/mol. The van der Waals surface area contributed by atoms with Crippen molar-refractivity contribution in [3.63, 3.8) is 0 Å². The van der Waals surface area contributed by atoms with Crippen LogP contribution in [-0.2, 0) is 6.42 Å².